The van der Waals surface area contributed by atoms with Crippen LogP contribution in [-0.4, -0.2) is 12.9 Å². The van der Waals surface area contributed by atoms with Crippen LogP contribution in [0.2, 0.25) is 0 Å². The molecule has 0 amide bonds. The zero-order valence-corrected chi connectivity index (χ0v) is 11.7. The number of nitrogens with zero attached hydrogens (tertiary/aromatic N) is 1. The summed E-state index contributed by atoms with van der Waals surface area (Å²) in [5.41, 5.74) is 0. The van der Waals surface area contributed by atoms with Crippen molar-refractivity contribution in [2.24, 2.45) is 5.92 Å². The topological polar surface area (TPSA) is 51.5 Å². The van der Waals surface area contributed by atoms with Crippen molar-refractivity contribution in [1.29, 1.82) is 5.26 Å². The minimum absolute atomic E-state index is 0.264. The Morgan fingerprint density at radius 2 is 1.52 bits per heavy atom. The first kappa shape index (κ1) is 13.3. The maximum absolute atomic E-state index is 9.15. The Labute approximate surface area is 123 Å². The van der Waals surface area contributed by atoms with Crippen molar-refractivity contribution in [1.82, 2.24) is 0 Å². The minimum Gasteiger partial charge on any atom is -0.497 e. The number of ether oxygens (including phenoxy) is 3. The van der Waals surface area contributed by atoms with Gasteiger partial charge in [-0.3, -0.25) is 0 Å². The van der Waals surface area contributed by atoms with E-state index in [1.54, 1.807) is 7.11 Å². The monoisotopic (exact) mass is 281 g/mol. The predicted molar refractivity (Wildman–Crippen MR) is 77.1 cm³/mol. The summed E-state index contributed by atoms with van der Waals surface area (Å²) in [7, 11) is 1.61. The minimum atomic E-state index is -0.884. The van der Waals surface area contributed by atoms with Crippen LogP contribution in [0.5, 0.6) is 17.2 Å². The van der Waals surface area contributed by atoms with Crippen molar-refractivity contribution in [2.75, 3.05) is 7.11 Å². The molecule has 2 atom stereocenters. The van der Waals surface area contributed by atoms with Gasteiger partial charge < -0.3 is 14.2 Å². The Hall–Kier alpha value is -2.67. The van der Waals surface area contributed by atoms with Crippen LogP contribution in [-0.2, 0) is 0 Å². The summed E-state index contributed by atoms with van der Waals surface area (Å²) in [6.45, 7) is 0. The molecule has 0 aromatic heterocycles. The second-order valence-corrected chi connectivity index (χ2v) is 4.89. The summed E-state index contributed by atoms with van der Waals surface area (Å²) >= 11 is 0. The number of nitriles is 1. The van der Waals surface area contributed by atoms with Gasteiger partial charge in [-0.1, -0.05) is 18.2 Å². The fourth-order valence-electron chi connectivity index (χ4n) is 2.15. The number of benzene rings is 2. The highest BCUT2D eigenvalue weighted by Crippen LogP contribution is 2.47. The number of rotatable bonds is 5. The van der Waals surface area contributed by atoms with Crippen LogP contribution in [0.3, 0.4) is 0 Å². The Morgan fingerprint density at radius 3 is 2.05 bits per heavy atom. The molecule has 1 fully saturated rings. The summed E-state index contributed by atoms with van der Waals surface area (Å²) < 4.78 is 16.9. The number of hydrogen-bond donors (Lipinski definition) is 0. The Balaban J connectivity index is 1.77. The van der Waals surface area contributed by atoms with Crippen LogP contribution in [0.15, 0.2) is 54.6 Å². The first-order valence-corrected chi connectivity index (χ1v) is 6.72. The van der Waals surface area contributed by atoms with Crippen molar-refractivity contribution < 1.29 is 14.2 Å². The summed E-state index contributed by atoms with van der Waals surface area (Å²) in [6, 6.07) is 18.9. The highest BCUT2D eigenvalue weighted by molar-refractivity contribution is 5.33. The maximum Gasteiger partial charge on any atom is 0.268 e. The SMILES string of the molecule is COc1ccc(OC2(Oc3ccccc3)CC2C#N)cc1. The van der Waals surface area contributed by atoms with Gasteiger partial charge in [0.1, 0.15) is 23.2 Å². The van der Waals surface area contributed by atoms with Gasteiger partial charge in [0.15, 0.2) is 0 Å². The van der Waals surface area contributed by atoms with Crippen molar-refractivity contribution in [3.63, 3.8) is 0 Å². The maximum atomic E-state index is 9.15. The summed E-state index contributed by atoms with van der Waals surface area (Å²) in [4.78, 5) is 0. The van der Waals surface area contributed by atoms with Crippen molar-refractivity contribution >= 4 is 0 Å². The Morgan fingerprint density at radius 1 is 0.952 bits per heavy atom. The van der Waals surface area contributed by atoms with Crippen LogP contribution in [0.25, 0.3) is 0 Å². The van der Waals surface area contributed by atoms with Crippen molar-refractivity contribution in [3.8, 4) is 23.3 Å². The first-order chi connectivity index (χ1) is 10.3. The van der Waals surface area contributed by atoms with Crippen LogP contribution in [0, 0.1) is 17.2 Å². The lowest BCUT2D eigenvalue weighted by Crippen LogP contribution is -2.28. The second kappa shape index (κ2) is 5.37. The standard InChI is InChI=1S/C17H15NO3/c1-19-14-7-9-16(10-8-14)21-17(11-13(17)12-18)20-15-5-3-2-4-6-15/h2-10,13H,11H2,1H3. The molecular weight excluding hydrogens is 266 g/mol. The molecule has 21 heavy (non-hydrogen) atoms. The highest BCUT2D eigenvalue weighted by Gasteiger charge is 2.61. The van der Waals surface area contributed by atoms with E-state index in [1.165, 1.54) is 0 Å². The van der Waals surface area contributed by atoms with E-state index in [1.807, 2.05) is 54.6 Å². The zero-order valence-electron chi connectivity index (χ0n) is 11.7. The van der Waals surface area contributed by atoms with Gasteiger partial charge >= 0.3 is 0 Å². The molecule has 2 unspecified atom stereocenters. The Bertz CT molecular complexity index is 648. The van der Waals surface area contributed by atoms with Gasteiger partial charge in [-0.05, 0) is 36.4 Å². The lowest BCUT2D eigenvalue weighted by atomic mass is 10.3. The molecule has 0 radical (unpaired) electrons. The molecule has 0 heterocycles. The van der Waals surface area contributed by atoms with E-state index in [0.717, 1.165) is 5.75 Å². The van der Waals surface area contributed by atoms with Gasteiger partial charge in [-0.15, -0.1) is 0 Å². The molecule has 0 bridgehead atoms. The van der Waals surface area contributed by atoms with Gasteiger partial charge in [0.2, 0.25) is 0 Å². The van der Waals surface area contributed by atoms with Gasteiger partial charge in [0.05, 0.1) is 13.2 Å². The molecule has 0 N–H and O–H groups in total. The first-order valence-electron chi connectivity index (χ1n) is 6.72. The van der Waals surface area contributed by atoms with Crippen LogP contribution >= 0.6 is 0 Å². The molecule has 1 aliphatic carbocycles. The van der Waals surface area contributed by atoms with E-state index < -0.39 is 5.79 Å². The predicted octanol–water partition coefficient (Wildman–Crippen LogP) is 3.39. The smallest absolute Gasteiger partial charge is 0.268 e. The molecule has 4 nitrogen and oxygen atoms in total. The largest absolute Gasteiger partial charge is 0.497 e. The van der Waals surface area contributed by atoms with E-state index in [9.17, 15) is 0 Å². The molecule has 1 aliphatic rings. The highest BCUT2D eigenvalue weighted by atomic mass is 16.7. The molecule has 1 saturated carbocycles. The van der Waals surface area contributed by atoms with Crippen molar-refractivity contribution in [3.05, 3.63) is 54.6 Å². The Kier molecular flexibility index (Phi) is 3.41. The van der Waals surface area contributed by atoms with E-state index >= 15 is 0 Å². The summed E-state index contributed by atoms with van der Waals surface area (Å²) in [5, 5.41) is 9.15. The summed E-state index contributed by atoms with van der Waals surface area (Å²) in [6.07, 6.45) is 0.560. The molecule has 106 valence electrons. The normalized spacial score (nSPS) is 23.0. The van der Waals surface area contributed by atoms with E-state index in [4.69, 9.17) is 19.5 Å². The molecule has 3 rings (SSSR count). The second-order valence-electron chi connectivity index (χ2n) is 4.89. The average Bonchev–Trinajstić information content (AvgIpc) is 3.21. The molecule has 0 saturated heterocycles. The number of para-hydroxylation sites is 1. The fourth-order valence-corrected chi connectivity index (χ4v) is 2.15. The van der Waals surface area contributed by atoms with E-state index in [-0.39, 0.29) is 5.92 Å². The van der Waals surface area contributed by atoms with Crippen LogP contribution in [0.4, 0.5) is 0 Å². The number of methoxy groups -OCH3 is 1. The lowest BCUT2D eigenvalue weighted by molar-refractivity contribution is -0.0298. The third-order valence-corrected chi connectivity index (χ3v) is 3.40. The molecule has 2 aromatic rings. The quantitative estimate of drug-likeness (QED) is 0.788. The molecule has 0 aliphatic heterocycles. The molecule has 4 heteroatoms. The third-order valence-electron chi connectivity index (χ3n) is 3.40. The van der Waals surface area contributed by atoms with Gasteiger partial charge in [0.25, 0.3) is 5.79 Å². The fraction of sp³-hybridized carbons (Fsp3) is 0.235. The van der Waals surface area contributed by atoms with Gasteiger partial charge in [0, 0.05) is 6.42 Å². The van der Waals surface area contributed by atoms with Gasteiger partial charge in [-0.2, -0.15) is 5.26 Å². The lowest BCUT2D eigenvalue weighted by Gasteiger charge is -2.20. The summed E-state index contributed by atoms with van der Waals surface area (Å²) in [5.74, 6) is 0.964. The van der Waals surface area contributed by atoms with Crippen LogP contribution in [0.1, 0.15) is 6.42 Å². The zero-order chi connectivity index (χ0) is 14.7. The number of hydrogen-bond acceptors (Lipinski definition) is 4. The average molecular weight is 281 g/mol. The molecular formula is C17H15NO3. The third kappa shape index (κ3) is 2.77. The van der Waals surface area contributed by atoms with E-state index in [0.29, 0.717) is 17.9 Å². The van der Waals surface area contributed by atoms with Crippen LogP contribution < -0.4 is 14.2 Å². The van der Waals surface area contributed by atoms with Gasteiger partial charge in [-0.25, -0.2) is 0 Å². The van der Waals surface area contributed by atoms with E-state index in [2.05, 4.69) is 6.07 Å². The molecule has 2 aromatic carbocycles. The molecule has 0 spiro atoms. The van der Waals surface area contributed by atoms with Crippen molar-refractivity contribution in [2.45, 2.75) is 12.2 Å².